The molecule has 4 rings (SSSR count). The lowest BCUT2D eigenvalue weighted by atomic mass is 10.0. The molecule has 1 unspecified atom stereocenters. The number of likely N-dealkylation sites (tertiary alicyclic amines) is 1. The van der Waals surface area contributed by atoms with E-state index in [-0.39, 0.29) is 18.6 Å². The van der Waals surface area contributed by atoms with Crippen molar-refractivity contribution in [2.75, 3.05) is 6.54 Å². The first-order valence-corrected chi connectivity index (χ1v) is 11.6. The molecule has 1 saturated heterocycles. The van der Waals surface area contributed by atoms with Crippen LogP contribution in [0.4, 0.5) is 4.79 Å². The minimum atomic E-state index is -0.732. The fourth-order valence-corrected chi connectivity index (χ4v) is 4.03. The van der Waals surface area contributed by atoms with Gasteiger partial charge in [0.1, 0.15) is 12.6 Å². The Kier molecular flexibility index (Phi) is 7.97. The molecule has 1 aliphatic heterocycles. The van der Waals surface area contributed by atoms with Gasteiger partial charge in [0.25, 0.3) is 0 Å². The van der Waals surface area contributed by atoms with Crippen molar-refractivity contribution in [2.24, 2.45) is 0 Å². The molecule has 5 nitrogen and oxygen atoms in total. The van der Waals surface area contributed by atoms with Gasteiger partial charge in [0.2, 0.25) is 5.91 Å². The summed E-state index contributed by atoms with van der Waals surface area (Å²) in [4.78, 5) is 28.0. The van der Waals surface area contributed by atoms with Crippen LogP contribution in [0.5, 0.6) is 0 Å². The number of amides is 2. The van der Waals surface area contributed by atoms with Crippen LogP contribution in [-0.2, 0) is 22.6 Å². The third-order valence-electron chi connectivity index (χ3n) is 5.78. The zero-order valence-electron chi connectivity index (χ0n) is 19.0. The van der Waals surface area contributed by atoms with E-state index >= 15 is 0 Å². The van der Waals surface area contributed by atoms with E-state index in [2.05, 4.69) is 17.2 Å². The first kappa shape index (κ1) is 23.1. The van der Waals surface area contributed by atoms with E-state index in [0.29, 0.717) is 13.0 Å². The van der Waals surface area contributed by atoms with Crippen molar-refractivity contribution in [3.63, 3.8) is 0 Å². The van der Waals surface area contributed by atoms with E-state index in [1.807, 2.05) is 91.0 Å². The van der Waals surface area contributed by atoms with Crippen molar-refractivity contribution in [1.29, 1.82) is 0 Å². The molecule has 2 atom stereocenters. The van der Waals surface area contributed by atoms with Crippen LogP contribution in [-0.4, -0.2) is 35.5 Å². The quantitative estimate of drug-likeness (QED) is 0.558. The zero-order chi connectivity index (χ0) is 23.6. The molecule has 1 heterocycles. The van der Waals surface area contributed by atoms with Crippen LogP contribution in [0.1, 0.15) is 29.5 Å². The highest BCUT2D eigenvalue weighted by atomic mass is 16.5. The Morgan fingerprint density at radius 1 is 0.912 bits per heavy atom. The van der Waals surface area contributed by atoms with Gasteiger partial charge in [0, 0.05) is 18.5 Å². The highest BCUT2D eigenvalue weighted by molar-refractivity contribution is 5.86. The largest absolute Gasteiger partial charge is 0.445 e. The second-order valence-electron chi connectivity index (χ2n) is 8.27. The lowest BCUT2D eigenvalue weighted by Gasteiger charge is -2.27. The fourth-order valence-electron chi connectivity index (χ4n) is 4.03. The number of carbonyl (C=O) groups excluding carboxylic acids is 2. The molecule has 2 amide bonds. The van der Waals surface area contributed by atoms with E-state index in [0.717, 1.165) is 29.5 Å². The van der Waals surface area contributed by atoms with E-state index in [1.54, 1.807) is 4.90 Å². The summed E-state index contributed by atoms with van der Waals surface area (Å²) >= 11 is 0. The summed E-state index contributed by atoms with van der Waals surface area (Å²) in [6.45, 7) is 0.771. The molecular weight excluding hydrogens is 424 g/mol. The Labute approximate surface area is 200 Å². The van der Waals surface area contributed by atoms with Gasteiger partial charge < -0.3 is 15.0 Å². The Morgan fingerprint density at radius 3 is 2.21 bits per heavy atom. The molecule has 0 aromatic heterocycles. The van der Waals surface area contributed by atoms with E-state index in [1.165, 1.54) is 0 Å². The maximum atomic E-state index is 13.6. The maximum Gasteiger partial charge on any atom is 0.408 e. The fraction of sp³-hybridized carbons (Fsp3) is 0.241. The summed E-state index contributed by atoms with van der Waals surface area (Å²) in [6, 6.07) is 28.0. The average Bonchev–Trinajstić information content (AvgIpc) is 3.36. The third-order valence-corrected chi connectivity index (χ3v) is 5.78. The molecule has 0 aliphatic carbocycles. The Bertz CT molecular complexity index is 1140. The molecule has 5 heteroatoms. The number of nitrogens with zero attached hydrogens (tertiary/aromatic N) is 1. The normalized spacial score (nSPS) is 15.6. The van der Waals surface area contributed by atoms with E-state index in [4.69, 9.17) is 4.74 Å². The summed E-state index contributed by atoms with van der Waals surface area (Å²) in [5, 5.41) is 2.81. The van der Waals surface area contributed by atoms with Gasteiger partial charge in [-0.25, -0.2) is 4.79 Å². The number of alkyl carbamates (subject to hydrolysis) is 1. The molecular formula is C29H28N2O3. The number of nitrogens with one attached hydrogen (secondary N) is 1. The monoisotopic (exact) mass is 452 g/mol. The summed E-state index contributed by atoms with van der Waals surface area (Å²) < 4.78 is 5.39. The van der Waals surface area contributed by atoms with Gasteiger partial charge >= 0.3 is 6.09 Å². The molecule has 1 aliphatic rings. The maximum absolute atomic E-state index is 13.6. The molecule has 3 aromatic rings. The van der Waals surface area contributed by atoms with Gasteiger partial charge in [-0.15, -0.1) is 0 Å². The van der Waals surface area contributed by atoms with Gasteiger partial charge in [-0.1, -0.05) is 90.7 Å². The van der Waals surface area contributed by atoms with Crippen molar-refractivity contribution in [3.05, 3.63) is 108 Å². The summed E-state index contributed by atoms with van der Waals surface area (Å²) in [5.74, 6) is 6.31. The highest BCUT2D eigenvalue weighted by Crippen LogP contribution is 2.19. The molecule has 1 N–H and O–H groups in total. The van der Waals surface area contributed by atoms with Crippen LogP contribution < -0.4 is 5.32 Å². The molecule has 172 valence electrons. The Morgan fingerprint density at radius 2 is 1.53 bits per heavy atom. The Hall–Kier alpha value is -4.04. The molecule has 0 bridgehead atoms. The van der Waals surface area contributed by atoms with E-state index < -0.39 is 12.1 Å². The SMILES string of the molecule is O=C(N[C@@H](Cc1ccccc1)C(=O)N1CCCC1C#Cc1ccccc1)OCc1ccccc1. The van der Waals surface area contributed by atoms with Gasteiger partial charge in [0.05, 0.1) is 6.04 Å². The van der Waals surface area contributed by atoms with Gasteiger partial charge in [-0.3, -0.25) is 4.79 Å². The minimum Gasteiger partial charge on any atom is -0.445 e. The third kappa shape index (κ3) is 6.49. The minimum absolute atomic E-state index is 0.134. The van der Waals surface area contributed by atoms with Crippen LogP contribution in [0.25, 0.3) is 0 Å². The number of hydrogen-bond donors (Lipinski definition) is 1. The van der Waals surface area contributed by atoms with Crippen molar-refractivity contribution in [2.45, 2.75) is 38.0 Å². The zero-order valence-corrected chi connectivity index (χ0v) is 19.0. The van der Waals surface area contributed by atoms with Crippen molar-refractivity contribution in [3.8, 4) is 11.8 Å². The molecule has 0 spiro atoms. The summed E-state index contributed by atoms with van der Waals surface area (Å²) in [7, 11) is 0. The first-order chi connectivity index (χ1) is 16.7. The smallest absolute Gasteiger partial charge is 0.408 e. The number of hydrogen-bond acceptors (Lipinski definition) is 3. The van der Waals surface area contributed by atoms with Crippen LogP contribution in [0.2, 0.25) is 0 Å². The molecule has 1 fully saturated rings. The number of rotatable bonds is 6. The lowest BCUT2D eigenvalue weighted by Crippen LogP contribution is -2.51. The summed E-state index contributed by atoms with van der Waals surface area (Å²) in [5.41, 5.74) is 2.78. The molecule has 0 saturated carbocycles. The summed E-state index contributed by atoms with van der Waals surface area (Å²) in [6.07, 6.45) is 1.48. The predicted octanol–water partition coefficient (Wildman–Crippen LogP) is 4.57. The van der Waals surface area contributed by atoms with Crippen molar-refractivity contribution in [1.82, 2.24) is 10.2 Å². The number of benzene rings is 3. The Balaban J connectivity index is 1.46. The molecule has 34 heavy (non-hydrogen) atoms. The molecule has 0 radical (unpaired) electrons. The standard InChI is InChI=1S/C29H28N2O3/c32-28(31-20-10-17-26(31)19-18-23-11-4-1-5-12-23)27(21-24-13-6-2-7-14-24)30-29(33)34-22-25-15-8-3-9-16-25/h1-9,11-16,26-27H,10,17,20-22H2,(H,30,33)/t26?,27-/m0/s1. The topological polar surface area (TPSA) is 58.6 Å². The average molecular weight is 453 g/mol. The second kappa shape index (κ2) is 11.7. The molecule has 3 aromatic carbocycles. The predicted molar refractivity (Wildman–Crippen MR) is 132 cm³/mol. The van der Waals surface area contributed by atoms with Crippen molar-refractivity contribution < 1.29 is 14.3 Å². The van der Waals surface area contributed by atoms with Crippen LogP contribution in [0.3, 0.4) is 0 Å². The van der Waals surface area contributed by atoms with Gasteiger partial charge in [-0.2, -0.15) is 0 Å². The highest BCUT2D eigenvalue weighted by Gasteiger charge is 2.33. The van der Waals surface area contributed by atoms with Crippen LogP contribution >= 0.6 is 0 Å². The van der Waals surface area contributed by atoms with Gasteiger partial charge in [0.15, 0.2) is 0 Å². The number of ether oxygens (including phenoxy) is 1. The van der Waals surface area contributed by atoms with Crippen LogP contribution in [0, 0.1) is 11.8 Å². The van der Waals surface area contributed by atoms with Gasteiger partial charge in [-0.05, 0) is 36.1 Å². The first-order valence-electron chi connectivity index (χ1n) is 11.6. The van der Waals surface area contributed by atoms with Crippen LogP contribution in [0.15, 0.2) is 91.0 Å². The van der Waals surface area contributed by atoms with E-state index in [9.17, 15) is 9.59 Å². The number of carbonyl (C=O) groups is 2. The van der Waals surface area contributed by atoms with Crippen molar-refractivity contribution >= 4 is 12.0 Å². The second-order valence-corrected chi connectivity index (χ2v) is 8.27. The lowest BCUT2D eigenvalue weighted by molar-refractivity contribution is -0.133.